The lowest BCUT2D eigenvalue weighted by molar-refractivity contribution is 0.179. The number of rotatable bonds is 3. The Bertz CT molecular complexity index is 594. The zero-order chi connectivity index (χ0) is 17.1. The minimum absolute atomic E-state index is 0.000943. The molecule has 3 rings (SSSR count). The van der Waals surface area contributed by atoms with Gasteiger partial charge >= 0.3 is 6.03 Å². The van der Waals surface area contributed by atoms with Crippen molar-refractivity contribution >= 4 is 6.03 Å². The fourth-order valence-corrected chi connectivity index (χ4v) is 3.84. The maximum Gasteiger partial charge on any atom is 0.317 e. The number of piperidine rings is 1. The van der Waals surface area contributed by atoms with E-state index in [1.165, 1.54) is 31.7 Å². The predicted octanol–water partition coefficient (Wildman–Crippen LogP) is 3.32. The quantitative estimate of drug-likeness (QED) is 0.793. The van der Waals surface area contributed by atoms with Crippen LogP contribution in [0.5, 0.6) is 11.5 Å². The van der Waals surface area contributed by atoms with Crippen LogP contribution < -0.4 is 5.32 Å². The van der Waals surface area contributed by atoms with Crippen molar-refractivity contribution in [3.05, 3.63) is 23.5 Å². The Morgan fingerprint density at radius 3 is 2.46 bits per heavy atom. The first kappa shape index (κ1) is 16.9. The van der Waals surface area contributed by atoms with Gasteiger partial charge in [0.05, 0.1) is 0 Å². The molecule has 6 heteroatoms. The Balaban J connectivity index is 1.51. The van der Waals surface area contributed by atoms with Gasteiger partial charge in [0.2, 0.25) is 0 Å². The van der Waals surface area contributed by atoms with Crippen LogP contribution in [0.4, 0.5) is 9.18 Å². The van der Waals surface area contributed by atoms with Gasteiger partial charge < -0.3 is 20.4 Å². The molecule has 5 nitrogen and oxygen atoms in total. The largest absolute Gasteiger partial charge is 0.508 e. The number of aromatic hydroxyl groups is 2. The molecule has 0 atom stereocenters. The van der Waals surface area contributed by atoms with Crippen molar-refractivity contribution in [1.29, 1.82) is 0 Å². The molecule has 2 amide bonds. The average Bonchev–Trinajstić information content (AvgIpc) is 3.10. The van der Waals surface area contributed by atoms with E-state index in [1.807, 2.05) is 0 Å². The lowest BCUT2D eigenvalue weighted by Gasteiger charge is -2.32. The summed E-state index contributed by atoms with van der Waals surface area (Å²) < 4.78 is 13.5. The van der Waals surface area contributed by atoms with Crippen LogP contribution in [0.1, 0.15) is 50.0 Å². The molecule has 1 saturated heterocycles. The standard InChI is InChI=1S/C18H25FN2O3/c19-15-9-14(16(22)10-17(15)23)13-5-7-21(8-6-13)18(24)20-11-12-3-1-2-4-12/h9-10,12-13,22-23H,1-8,11H2,(H,20,24). The molecule has 24 heavy (non-hydrogen) atoms. The highest BCUT2D eigenvalue weighted by Gasteiger charge is 2.27. The van der Waals surface area contributed by atoms with Gasteiger partial charge in [-0.25, -0.2) is 9.18 Å². The maximum atomic E-state index is 13.5. The molecular weight excluding hydrogens is 311 g/mol. The summed E-state index contributed by atoms with van der Waals surface area (Å²) in [4.78, 5) is 14.0. The lowest BCUT2D eigenvalue weighted by atomic mass is 9.88. The Kier molecular flexibility index (Phi) is 5.11. The van der Waals surface area contributed by atoms with Crippen molar-refractivity contribution in [2.24, 2.45) is 5.92 Å². The predicted molar refractivity (Wildman–Crippen MR) is 88.6 cm³/mol. The van der Waals surface area contributed by atoms with Gasteiger partial charge in [-0.2, -0.15) is 0 Å². The maximum absolute atomic E-state index is 13.5. The second-order valence-electron chi connectivity index (χ2n) is 6.96. The van der Waals surface area contributed by atoms with E-state index in [0.717, 1.165) is 12.6 Å². The van der Waals surface area contributed by atoms with Crippen molar-refractivity contribution in [2.45, 2.75) is 44.4 Å². The number of hydrogen-bond acceptors (Lipinski definition) is 3. The summed E-state index contributed by atoms with van der Waals surface area (Å²) in [6.07, 6.45) is 6.28. The zero-order valence-electron chi connectivity index (χ0n) is 13.8. The lowest BCUT2D eigenvalue weighted by Crippen LogP contribution is -2.45. The topological polar surface area (TPSA) is 72.8 Å². The molecule has 0 bridgehead atoms. The van der Waals surface area contributed by atoms with E-state index >= 15 is 0 Å². The van der Waals surface area contributed by atoms with Gasteiger partial charge in [0.1, 0.15) is 5.75 Å². The number of carbonyl (C=O) groups is 1. The van der Waals surface area contributed by atoms with E-state index in [2.05, 4.69) is 5.32 Å². The summed E-state index contributed by atoms with van der Waals surface area (Å²) in [5.74, 6) is -0.736. The summed E-state index contributed by atoms with van der Waals surface area (Å²) in [6, 6.07) is 2.22. The normalized spacial score (nSPS) is 19.6. The molecule has 132 valence electrons. The molecule has 1 saturated carbocycles. The molecule has 0 aromatic heterocycles. The number of amides is 2. The van der Waals surface area contributed by atoms with Crippen LogP contribution in [0.15, 0.2) is 12.1 Å². The highest BCUT2D eigenvalue weighted by atomic mass is 19.1. The molecule has 1 aliphatic heterocycles. The van der Waals surface area contributed by atoms with Gasteiger partial charge in [0, 0.05) is 31.3 Å². The summed E-state index contributed by atoms with van der Waals surface area (Å²) in [5.41, 5.74) is 0.510. The van der Waals surface area contributed by atoms with Crippen LogP contribution >= 0.6 is 0 Å². The van der Waals surface area contributed by atoms with Gasteiger partial charge in [0.25, 0.3) is 0 Å². The van der Waals surface area contributed by atoms with Crippen LogP contribution in [0.25, 0.3) is 0 Å². The number of nitrogens with zero attached hydrogens (tertiary/aromatic N) is 1. The van der Waals surface area contributed by atoms with Gasteiger partial charge in [-0.3, -0.25) is 0 Å². The highest BCUT2D eigenvalue weighted by molar-refractivity contribution is 5.74. The number of urea groups is 1. The monoisotopic (exact) mass is 336 g/mol. The summed E-state index contributed by atoms with van der Waals surface area (Å²) in [5, 5.41) is 22.2. The number of halogens is 1. The highest BCUT2D eigenvalue weighted by Crippen LogP contribution is 2.36. The van der Waals surface area contributed by atoms with Gasteiger partial charge in [0.15, 0.2) is 11.6 Å². The van der Waals surface area contributed by atoms with Crippen molar-refractivity contribution in [3.8, 4) is 11.5 Å². The third-order valence-electron chi connectivity index (χ3n) is 5.33. The minimum Gasteiger partial charge on any atom is -0.508 e. The van der Waals surface area contributed by atoms with E-state index in [9.17, 15) is 19.4 Å². The first-order chi connectivity index (χ1) is 11.5. The summed E-state index contributed by atoms with van der Waals surface area (Å²) in [7, 11) is 0. The van der Waals surface area contributed by atoms with Crippen LogP contribution in [0, 0.1) is 11.7 Å². The van der Waals surface area contributed by atoms with Crippen LogP contribution in [-0.2, 0) is 0 Å². The van der Waals surface area contributed by atoms with Crippen molar-refractivity contribution in [3.63, 3.8) is 0 Å². The zero-order valence-corrected chi connectivity index (χ0v) is 13.8. The average molecular weight is 336 g/mol. The molecular formula is C18H25FN2O3. The van der Waals surface area contributed by atoms with Gasteiger partial charge in [-0.1, -0.05) is 12.8 Å². The van der Waals surface area contributed by atoms with Crippen molar-refractivity contribution < 1.29 is 19.4 Å². The Hall–Kier alpha value is -1.98. The molecule has 1 aromatic carbocycles. The molecule has 0 spiro atoms. The van der Waals surface area contributed by atoms with E-state index in [0.29, 0.717) is 37.4 Å². The Morgan fingerprint density at radius 1 is 1.12 bits per heavy atom. The van der Waals surface area contributed by atoms with Crippen LogP contribution in [0.3, 0.4) is 0 Å². The van der Waals surface area contributed by atoms with E-state index in [1.54, 1.807) is 4.90 Å². The third-order valence-corrected chi connectivity index (χ3v) is 5.33. The second kappa shape index (κ2) is 7.28. The van der Waals surface area contributed by atoms with Crippen LogP contribution in [0.2, 0.25) is 0 Å². The first-order valence-corrected chi connectivity index (χ1v) is 8.78. The number of nitrogens with one attached hydrogen (secondary N) is 1. The Labute approximate surface area is 141 Å². The second-order valence-corrected chi connectivity index (χ2v) is 6.96. The molecule has 0 unspecified atom stereocenters. The number of benzene rings is 1. The Morgan fingerprint density at radius 2 is 1.79 bits per heavy atom. The SMILES string of the molecule is O=C(NCC1CCCC1)N1CCC(c2cc(F)c(O)cc2O)CC1. The fraction of sp³-hybridized carbons (Fsp3) is 0.611. The first-order valence-electron chi connectivity index (χ1n) is 8.78. The van der Waals surface area contributed by atoms with Crippen LogP contribution in [-0.4, -0.2) is 40.8 Å². The molecule has 1 aromatic rings. The fourth-order valence-electron chi connectivity index (χ4n) is 3.84. The molecule has 3 N–H and O–H groups in total. The number of phenols is 2. The number of phenolic OH excluding ortho intramolecular Hbond substituents is 2. The number of carbonyl (C=O) groups excluding carboxylic acids is 1. The van der Waals surface area contributed by atoms with E-state index in [-0.39, 0.29) is 17.7 Å². The number of likely N-dealkylation sites (tertiary alicyclic amines) is 1. The van der Waals surface area contributed by atoms with E-state index < -0.39 is 11.6 Å². The van der Waals surface area contributed by atoms with Crippen molar-refractivity contribution in [2.75, 3.05) is 19.6 Å². The smallest absolute Gasteiger partial charge is 0.317 e. The summed E-state index contributed by atoms with van der Waals surface area (Å²) in [6.45, 7) is 1.93. The minimum atomic E-state index is -0.723. The molecule has 0 radical (unpaired) electrons. The third kappa shape index (κ3) is 3.74. The molecule has 2 aliphatic rings. The molecule has 2 fully saturated rings. The number of hydrogen-bond donors (Lipinski definition) is 3. The van der Waals surface area contributed by atoms with Crippen molar-refractivity contribution in [1.82, 2.24) is 10.2 Å². The van der Waals surface area contributed by atoms with E-state index in [4.69, 9.17) is 0 Å². The molecule has 1 heterocycles. The molecule has 1 aliphatic carbocycles. The summed E-state index contributed by atoms with van der Waals surface area (Å²) >= 11 is 0. The van der Waals surface area contributed by atoms with Gasteiger partial charge in [-0.05, 0) is 43.6 Å². The van der Waals surface area contributed by atoms with Gasteiger partial charge in [-0.15, -0.1) is 0 Å².